The number of hydrogen-bond acceptors (Lipinski definition) is 37. The van der Waals surface area contributed by atoms with Crippen molar-refractivity contribution in [3.05, 3.63) is 35.7 Å². The predicted molar refractivity (Wildman–Crippen MR) is 365 cm³/mol. The lowest BCUT2D eigenvalue weighted by Gasteiger charge is -2.42. The molecule has 0 aliphatic carbocycles. The SMILES string of the molecule is CC(=O)N[C@H]1[C@H]2OC[C@](COCCOCCOCCOCCn3cc(COCC(COCc4cn(CCOCCOCCOCCOC[C@@]56CO[C@@H](O5)[C@H](NC(C)=O)[C@@H](O)[C@H]6O)nn4)(COCc4cn(CCOCCOCCOCCOC[C@@]56COC(O5)[C@H](NC(C)=O)[C@@H](O)[C@H]6O)nn4)NC(C)=O)nn3)(O2)[C@H](O)[C@@H]1O. The monoisotopic (exact) mass is 1580 g/mol. The van der Waals surface area contributed by atoms with Crippen molar-refractivity contribution in [3.63, 3.8) is 0 Å². The molecular weight excluding hydrogens is 1470 g/mol. The van der Waals surface area contributed by atoms with E-state index in [1.807, 2.05) is 0 Å². The number of rotatable bonds is 58. The van der Waals surface area contributed by atoms with Crippen LogP contribution in [0.2, 0.25) is 0 Å². The third kappa shape index (κ3) is 26.9. The lowest BCUT2D eigenvalue weighted by Crippen LogP contribution is -2.66. The fraction of sp³-hybridized carbons (Fsp3) is 0.848. The molecule has 15 atom stereocenters. The standard InChI is InChI=1S/C66H109N13O31/c1-44(80)67-51-54(84)57(87)64(41-105-60(51)108-64)38-99-26-23-96-20-17-93-14-11-90-8-5-77-29-48(71-74-77)32-102-35-63(70-47(4)83,36-103-33-49-30-78(75-72-49)6-9-91-12-15-94-18-21-97-24-27-100-39-65-42-106-61(109-65)52(68-45(2)81)55(85)58(65)88)37-104-34-50-31-79(76-73-50)7-10-92-13-16-95-19-22-98-25-28-101-40-66-43-107-62(110-66)53(69-46(3)82)56(86)59(66)89/h29-31,51-62,84-89H,5-28,32-43H2,1-4H3,(H,67,80)(H,68,81)(H,69,82)(H,70,83)/t51-,52-,53-,54-,55-,56-,57-,58-,59-,60+,61+,62?,64+,65+,66+/m1/s1. The number of nitrogens with one attached hydrogen (secondary N) is 4. The molecule has 4 amide bonds. The summed E-state index contributed by atoms with van der Waals surface area (Å²) in [7, 11) is 0. The number of carbonyl (C=O) groups is 4. The van der Waals surface area contributed by atoms with Gasteiger partial charge in [0.2, 0.25) is 23.6 Å². The smallest absolute Gasteiger partial charge is 0.217 e. The predicted octanol–water partition coefficient (Wildman–Crippen LogP) is -7.46. The zero-order valence-electron chi connectivity index (χ0n) is 62.5. The Morgan fingerprint density at radius 3 is 0.873 bits per heavy atom. The fourth-order valence-electron chi connectivity index (χ4n) is 12.6. The molecule has 110 heavy (non-hydrogen) atoms. The van der Waals surface area contributed by atoms with Crippen LogP contribution in [-0.2, 0) is 158 Å². The molecule has 6 bridgehead atoms. The molecule has 44 heteroatoms. The highest BCUT2D eigenvalue weighted by molar-refractivity contribution is 5.74. The van der Waals surface area contributed by atoms with Crippen LogP contribution in [0.15, 0.2) is 18.6 Å². The average molecular weight is 1580 g/mol. The van der Waals surface area contributed by atoms with Crippen molar-refractivity contribution >= 4 is 23.6 Å². The van der Waals surface area contributed by atoms with Crippen LogP contribution in [0.5, 0.6) is 0 Å². The maximum atomic E-state index is 12.9. The summed E-state index contributed by atoms with van der Waals surface area (Å²) in [5.41, 5.74) is -3.47. The Balaban J connectivity index is 0.631. The highest BCUT2D eigenvalue weighted by Gasteiger charge is 2.62. The van der Waals surface area contributed by atoms with E-state index in [2.05, 4.69) is 52.2 Å². The molecular formula is C66H109N13O31. The zero-order chi connectivity index (χ0) is 78.2. The number of hydrogen-bond donors (Lipinski definition) is 10. The van der Waals surface area contributed by atoms with Crippen molar-refractivity contribution in [3.8, 4) is 0 Å². The van der Waals surface area contributed by atoms with E-state index in [-0.39, 0.29) is 143 Å². The van der Waals surface area contributed by atoms with E-state index in [0.29, 0.717) is 136 Å². The molecule has 1 unspecified atom stereocenters. The quantitative estimate of drug-likeness (QED) is 0.0235. The number of nitrogens with zero attached hydrogens (tertiary/aromatic N) is 9. The highest BCUT2D eigenvalue weighted by atomic mass is 16.8. The van der Waals surface area contributed by atoms with E-state index in [9.17, 15) is 49.8 Å². The Labute approximate surface area is 634 Å². The first-order chi connectivity index (χ1) is 53.2. The Bertz CT molecular complexity index is 2880. The van der Waals surface area contributed by atoms with E-state index >= 15 is 0 Å². The van der Waals surface area contributed by atoms with Gasteiger partial charge in [-0.2, -0.15) is 0 Å². The van der Waals surface area contributed by atoms with E-state index in [1.165, 1.54) is 27.7 Å². The summed E-state index contributed by atoms with van der Waals surface area (Å²) in [6, 6.07) is -2.70. The second kappa shape index (κ2) is 45.3. The number of fused-ring (bicyclic) bond motifs is 6. The van der Waals surface area contributed by atoms with Gasteiger partial charge in [-0.05, 0) is 0 Å². The summed E-state index contributed by atoms with van der Waals surface area (Å²) < 4.78 is 126. The molecule has 0 aromatic carbocycles. The normalized spacial score (nSPS) is 28.0. The average Bonchev–Trinajstić information content (AvgIpc) is 1.59. The van der Waals surface area contributed by atoms with Crippen LogP contribution in [0.4, 0.5) is 0 Å². The molecule has 0 spiro atoms. The maximum Gasteiger partial charge on any atom is 0.217 e. The highest BCUT2D eigenvalue weighted by Crippen LogP contribution is 2.40. The first-order valence-corrected chi connectivity index (χ1v) is 36.6. The third-order valence-electron chi connectivity index (χ3n) is 18.1. The molecule has 9 rings (SSSR count). The summed E-state index contributed by atoms with van der Waals surface area (Å²) >= 11 is 0. The zero-order valence-corrected chi connectivity index (χ0v) is 62.5. The molecule has 44 nitrogen and oxygen atoms in total. The van der Waals surface area contributed by atoms with Crippen LogP contribution in [0.1, 0.15) is 44.8 Å². The van der Waals surface area contributed by atoms with Crippen LogP contribution >= 0.6 is 0 Å². The summed E-state index contributed by atoms with van der Waals surface area (Å²) in [5, 5.41) is 100.0. The molecule has 0 radical (unpaired) electrons. The van der Waals surface area contributed by atoms with Gasteiger partial charge in [-0.25, -0.2) is 14.0 Å². The largest absolute Gasteiger partial charge is 0.388 e. The number of carbonyl (C=O) groups excluding carboxylic acids is 4. The van der Waals surface area contributed by atoms with Crippen LogP contribution < -0.4 is 21.3 Å². The first-order valence-electron chi connectivity index (χ1n) is 36.6. The van der Waals surface area contributed by atoms with Crippen molar-refractivity contribution in [2.75, 3.05) is 198 Å². The number of ether oxygens (including phenoxy) is 21. The van der Waals surface area contributed by atoms with Gasteiger partial charge in [-0.3, -0.25) is 19.2 Å². The minimum atomic E-state index is -1.34. The number of aliphatic hydroxyl groups excluding tert-OH is 6. The topological polar surface area (TPSA) is 524 Å². The lowest BCUT2D eigenvalue weighted by atomic mass is 9.88. The van der Waals surface area contributed by atoms with E-state index < -0.39 is 96.0 Å². The maximum absolute atomic E-state index is 12.9. The molecule has 6 aliphatic heterocycles. The van der Waals surface area contributed by atoms with Gasteiger partial charge in [0.05, 0.1) is 256 Å². The van der Waals surface area contributed by atoms with Gasteiger partial charge in [0, 0.05) is 27.7 Å². The summed E-state index contributed by atoms with van der Waals surface area (Å²) in [6.45, 7) is 12.1. The third-order valence-corrected chi connectivity index (χ3v) is 18.1. The van der Waals surface area contributed by atoms with Crippen molar-refractivity contribution in [1.82, 2.24) is 66.2 Å². The molecule has 0 saturated carbocycles. The molecule has 6 saturated heterocycles. The van der Waals surface area contributed by atoms with E-state index in [0.717, 1.165) is 0 Å². The van der Waals surface area contributed by atoms with Crippen molar-refractivity contribution in [2.24, 2.45) is 0 Å². The number of amides is 4. The van der Waals surface area contributed by atoms with Gasteiger partial charge < -0.3 is 151 Å². The Kier molecular flexibility index (Phi) is 36.3. The van der Waals surface area contributed by atoms with Crippen molar-refractivity contribution in [2.45, 2.75) is 163 Å². The summed E-state index contributed by atoms with van der Waals surface area (Å²) in [5.74, 6) is -1.53. The van der Waals surface area contributed by atoms with Crippen LogP contribution in [0.3, 0.4) is 0 Å². The van der Waals surface area contributed by atoms with E-state index in [4.69, 9.17) is 99.5 Å². The lowest BCUT2D eigenvalue weighted by molar-refractivity contribution is -0.238. The van der Waals surface area contributed by atoms with Crippen LogP contribution in [0, 0.1) is 0 Å². The Morgan fingerprint density at radius 2 is 0.627 bits per heavy atom. The Hall–Kier alpha value is -5.78. The fourth-order valence-corrected chi connectivity index (χ4v) is 12.6. The molecule has 3 aromatic rings. The van der Waals surface area contributed by atoms with Gasteiger partial charge in [-0.15, -0.1) is 15.3 Å². The second-order valence-corrected chi connectivity index (χ2v) is 27.1. The van der Waals surface area contributed by atoms with Crippen molar-refractivity contribution < 1.29 is 149 Å². The number of aliphatic hydroxyl groups is 6. The summed E-state index contributed by atoms with van der Waals surface area (Å²) in [6.07, 6.45) is -5.43. The van der Waals surface area contributed by atoms with Gasteiger partial charge in [0.25, 0.3) is 0 Å². The van der Waals surface area contributed by atoms with Crippen LogP contribution in [0.25, 0.3) is 0 Å². The van der Waals surface area contributed by atoms with Gasteiger partial charge in [0.1, 0.15) is 94.2 Å². The molecule has 624 valence electrons. The summed E-state index contributed by atoms with van der Waals surface area (Å²) in [4.78, 5) is 47.5. The second-order valence-electron chi connectivity index (χ2n) is 27.1. The molecule has 6 fully saturated rings. The van der Waals surface area contributed by atoms with Gasteiger partial charge in [0.15, 0.2) is 18.9 Å². The Morgan fingerprint density at radius 1 is 0.382 bits per heavy atom. The first kappa shape index (κ1) is 88.2. The molecule has 9 heterocycles. The number of aromatic nitrogens is 9. The van der Waals surface area contributed by atoms with Gasteiger partial charge >= 0.3 is 0 Å². The molecule has 3 aromatic heterocycles. The molecule has 6 aliphatic rings. The van der Waals surface area contributed by atoms with Gasteiger partial charge in [-0.1, -0.05) is 15.6 Å². The van der Waals surface area contributed by atoms with E-state index in [1.54, 1.807) is 32.6 Å². The van der Waals surface area contributed by atoms with Crippen LogP contribution in [-0.4, -0.2) is 393 Å². The molecule has 10 N–H and O–H groups in total. The van der Waals surface area contributed by atoms with Crippen molar-refractivity contribution in [1.29, 1.82) is 0 Å². The minimum absolute atomic E-state index is 0.00784. The minimum Gasteiger partial charge on any atom is -0.388 e.